The minimum absolute atomic E-state index is 0.711. The number of hydrogen-bond donors (Lipinski definition) is 1. The summed E-state index contributed by atoms with van der Waals surface area (Å²) in [5.74, 6) is 0.950. The first kappa shape index (κ1) is 12.2. The summed E-state index contributed by atoms with van der Waals surface area (Å²) in [6.07, 6.45) is 3.03. The lowest BCUT2D eigenvalue weighted by atomic mass is 10.5. The molecule has 0 atom stereocenters. The molecule has 3 nitrogen and oxygen atoms in total. The molecule has 0 aliphatic heterocycles. The molecule has 0 heterocycles. The third kappa shape index (κ3) is 4.98. The first-order valence-electron chi connectivity index (χ1n) is 4.43. The van der Waals surface area contributed by atoms with Gasteiger partial charge in [0.15, 0.2) is 0 Å². The molecule has 0 fully saturated rings. The van der Waals surface area contributed by atoms with Crippen molar-refractivity contribution < 1.29 is 8.37 Å². The van der Waals surface area contributed by atoms with Crippen LogP contribution in [0.5, 0.6) is 0 Å². The van der Waals surface area contributed by atoms with Crippen molar-refractivity contribution in [3.05, 3.63) is 0 Å². The van der Waals surface area contributed by atoms with E-state index >= 15 is 0 Å². The molecule has 0 amide bonds. The summed E-state index contributed by atoms with van der Waals surface area (Å²) < 4.78 is 11.2. The van der Waals surface area contributed by atoms with Crippen molar-refractivity contribution in [3.63, 3.8) is 0 Å². The highest BCUT2D eigenvalue weighted by Gasteiger charge is 2.12. The molecule has 0 aliphatic carbocycles. The minimum atomic E-state index is -1.28. The smallest absolute Gasteiger partial charge is 0.0685 e. The Balaban J connectivity index is 3.80. The van der Waals surface area contributed by atoms with Gasteiger partial charge in [-0.1, -0.05) is 0 Å². The van der Waals surface area contributed by atoms with Crippen LogP contribution in [0.15, 0.2) is 0 Å². The van der Waals surface area contributed by atoms with Crippen molar-refractivity contribution in [1.29, 1.82) is 0 Å². The molecular formula is C8H21NO2S. The fourth-order valence-corrected chi connectivity index (χ4v) is 2.99. The molecule has 0 saturated carbocycles. The van der Waals surface area contributed by atoms with Crippen LogP contribution >= 0.6 is 10.6 Å². The van der Waals surface area contributed by atoms with Crippen molar-refractivity contribution in [2.45, 2.75) is 20.3 Å². The molecule has 0 aliphatic rings. The van der Waals surface area contributed by atoms with Gasteiger partial charge in [-0.25, -0.2) is 0 Å². The fraction of sp³-hybridized carbons (Fsp3) is 1.00. The van der Waals surface area contributed by atoms with Crippen molar-refractivity contribution >= 4 is 10.6 Å². The molecule has 2 N–H and O–H groups in total. The van der Waals surface area contributed by atoms with Crippen LogP contribution < -0.4 is 5.73 Å². The fourth-order valence-electron chi connectivity index (χ4n) is 0.996. The largest absolute Gasteiger partial charge is 0.330 e. The van der Waals surface area contributed by atoms with E-state index in [0.29, 0.717) is 6.54 Å². The van der Waals surface area contributed by atoms with Crippen LogP contribution in [0, 0.1) is 0 Å². The van der Waals surface area contributed by atoms with Gasteiger partial charge in [0.1, 0.15) is 0 Å². The van der Waals surface area contributed by atoms with Crippen LogP contribution in [0.3, 0.4) is 0 Å². The Morgan fingerprint density at radius 3 is 2.00 bits per heavy atom. The molecule has 76 valence electrons. The molecule has 0 unspecified atom stereocenters. The van der Waals surface area contributed by atoms with Crippen LogP contribution in [0.2, 0.25) is 0 Å². The van der Waals surface area contributed by atoms with E-state index < -0.39 is 10.6 Å². The predicted octanol–water partition coefficient (Wildman–Crippen LogP) is 1.67. The van der Waals surface area contributed by atoms with Gasteiger partial charge in [0.25, 0.3) is 0 Å². The minimum Gasteiger partial charge on any atom is -0.330 e. The molecule has 4 heteroatoms. The van der Waals surface area contributed by atoms with Crippen molar-refractivity contribution in [1.82, 2.24) is 0 Å². The first-order chi connectivity index (χ1) is 5.68. The molecule has 0 aromatic rings. The Morgan fingerprint density at radius 2 is 1.67 bits per heavy atom. The summed E-state index contributed by atoms with van der Waals surface area (Å²) >= 11 is 0. The maximum Gasteiger partial charge on any atom is 0.0685 e. The van der Waals surface area contributed by atoms with Gasteiger partial charge in [-0.2, -0.15) is 10.6 Å². The summed E-state index contributed by atoms with van der Waals surface area (Å²) in [5, 5.41) is 0. The molecule has 0 saturated heterocycles. The lowest BCUT2D eigenvalue weighted by molar-refractivity contribution is 0.279. The van der Waals surface area contributed by atoms with Gasteiger partial charge in [-0.05, 0) is 26.8 Å². The van der Waals surface area contributed by atoms with Crippen molar-refractivity contribution in [3.8, 4) is 0 Å². The zero-order chi connectivity index (χ0) is 9.45. The Kier molecular flexibility index (Phi) is 6.84. The second kappa shape index (κ2) is 6.71. The summed E-state index contributed by atoms with van der Waals surface area (Å²) in [6, 6.07) is 0. The van der Waals surface area contributed by atoms with E-state index in [-0.39, 0.29) is 0 Å². The first-order valence-corrected chi connectivity index (χ1v) is 6.49. The molecule has 0 bridgehead atoms. The Bertz CT molecular complexity index is 105. The van der Waals surface area contributed by atoms with E-state index in [0.717, 1.165) is 25.4 Å². The predicted molar refractivity (Wildman–Crippen MR) is 55.3 cm³/mol. The molecule has 12 heavy (non-hydrogen) atoms. The van der Waals surface area contributed by atoms with Crippen molar-refractivity contribution in [2.75, 3.05) is 31.8 Å². The Morgan fingerprint density at radius 1 is 1.17 bits per heavy atom. The highest BCUT2D eigenvalue weighted by molar-refractivity contribution is 8.25. The van der Waals surface area contributed by atoms with Gasteiger partial charge in [0.05, 0.1) is 13.2 Å². The second-order valence-corrected chi connectivity index (χ2v) is 5.32. The molecule has 0 aromatic heterocycles. The monoisotopic (exact) mass is 195 g/mol. The third-order valence-electron chi connectivity index (χ3n) is 1.45. The lowest BCUT2D eigenvalue weighted by Gasteiger charge is -2.38. The van der Waals surface area contributed by atoms with Gasteiger partial charge < -0.3 is 5.73 Å². The van der Waals surface area contributed by atoms with Crippen LogP contribution in [0.4, 0.5) is 0 Å². The van der Waals surface area contributed by atoms with Gasteiger partial charge >= 0.3 is 0 Å². The van der Waals surface area contributed by atoms with Crippen LogP contribution in [0.1, 0.15) is 20.3 Å². The molecule has 0 radical (unpaired) electrons. The number of nitrogens with two attached hydrogens (primary N) is 1. The van der Waals surface area contributed by atoms with Crippen LogP contribution in [-0.2, 0) is 8.37 Å². The maximum atomic E-state index is 5.58. The Labute approximate surface area is 77.3 Å². The van der Waals surface area contributed by atoms with Gasteiger partial charge in [-0.15, -0.1) is 0 Å². The number of hydrogen-bond acceptors (Lipinski definition) is 3. The highest BCUT2D eigenvalue weighted by atomic mass is 32.3. The van der Waals surface area contributed by atoms with E-state index in [2.05, 4.69) is 6.26 Å². The zero-order valence-corrected chi connectivity index (χ0v) is 9.15. The SMILES string of the molecule is CCOS(C)(CCCN)OCC. The van der Waals surface area contributed by atoms with Crippen LogP contribution in [0.25, 0.3) is 0 Å². The van der Waals surface area contributed by atoms with E-state index in [4.69, 9.17) is 14.1 Å². The molecule has 0 aromatic carbocycles. The Hall–Kier alpha value is 0.230. The topological polar surface area (TPSA) is 44.5 Å². The van der Waals surface area contributed by atoms with Gasteiger partial charge in [-0.3, -0.25) is 8.37 Å². The second-order valence-electron chi connectivity index (χ2n) is 2.59. The lowest BCUT2D eigenvalue weighted by Crippen LogP contribution is -2.14. The third-order valence-corrected chi connectivity index (χ3v) is 3.95. The summed E-state index contributed by atoms with van der Waals surface area (Å²) in [5.41, 5.74) is 5.43. The molecular weight excluding hydrogens is 174 g/mol. The summed E-state index contributed by atoms with van der Waals surface area (Å²) in [6.45, 7) is 6.13. The van der Waals surface area contributed by atoms with E-state index in [9.17, 15) is 0 Å². The number of rotatable bonds is 7. The average Bonchev–Trinajstić information content (AvgIpc) is 2.02. The highest BCUT2D eigenvalue weighted by Crippen LogP contribution is 2.46. The molecule has 0 rings (SSSR count). The zero-order valence-electron chi connectivity index (χ0n) is 8.34. The maximum absolute atomic E-state index is 5.58. The van der Waals surface area contributed by atoms with E-state index in [1.807, 2.05) is 13.8 Å². The summed E-state index contributed by atoms with van der Waals surface area (Å²) in [7, 11) is -1.28. The van der Waals surface area contributed by atoms with E-state index in [1.54, 1.807) is 0 Å². The van der Waals surface area contributed by atoms with E-state index in [1.165, 1.54) is 0 Å². The van der Waals surface area contributed by atoms with Gasteiger partial charge in [0, 0.05) is 12.0 Å². The quantitative estimate of drug-likeness (QED) is 0.672. The summed E-state index contributed by atoms with van der Waals surface area (Å²) in [4.78, 5) is 0. The normalized spacial score (nSPS) is 13.3. The van der Waals surface area contributed by atoms with Crippen molar-refractivity contribution in [2.24, 2.45) is 5.73 Å². The standard InChI is InChI=1S/C8H21NO2S/c1-4-10-12(3,11-5-2)8-6-7-9/h4-9H2,1-3H3. The van der Waals surface area contributed by atoms with Crippen LogP contribution in [-0.4, -0.2) is 31.8 Å². The average molecular weight is 195 g/mol. The molecule has 0 spiro atoms. The van der Waals surface area contributed by atoms with Gasteiger partial charge in [0.2, 0.25) is 0 Å².